The van der Waals surface area contributed by atoms with Gasteiger partial charge in [0.2, 0.25) is 0 Å². The van der Waals surface area contributed by atoms with Crippen molar-refractivity contribution in [2.75, 3.05) is 46.1 Å². The third kappa shape index (κ3) is 5.70. The second-order valence-electron chi connectivity index (χ2n) is 8.75. The predicted molar refractivity (Wildman–Crippen MR) is 110 cm³/mol. The number of likely N-dealkylation sites (tertiary alicyclic amines) is 1. The summed E-state index contributed by atoms with van der Waals surface area (Å²) < 4.78 is 59.0. The van der Waals surface area contributed by atoms with Gasteiger partial charge in [-0.25, -0.2) is 0 Å². The number of hydrogen-bond donors (Lipinski definition) is 1. The smallest absolute Gasteiger partial charge is 0.422 e. The molecule has 1 N–H and O–H groups in total. The number of halogens is 3. The number of benzene rings is 1. The summed E-state index contributed by atoms with van der Waals surface area (Å²) in [6, 6.07) is 4.54. The average molecular weight is 472 g/mol. The van der Waals surface area contributed by atoms with Crippen LogP contribution in [0.2, 0.25) is 0 Å². The van der Waals surface area contributed by atoms with Crippen LogP contribution in [-0.2, 0) is 9.53 Å². The first-order valence-electron chi connectivity index (χ1n) is 11.0. The number of aromatic nitrogens is 1. The lowest BCUT2D eigenvalue weighted by Crippen LogP contribution is -2.49. The summed E-state index contributed by atoms with van der Waals surface area (Å²) in [7, 11) is 0. The Morgan fingerprint density at radius 3 is 2.61 bits per heavy atom. The fourth-order valence-corrected chi connectivity index (χ4v) is 4.45. The van der Waals surface area contributed by atoms with Crippen molar-refractivity contribution in [1.82, 2.24) is 10.1 Å². The van der Waals surface area contributed by atoms with Gasteiger partial charge >= 0.3 is 12.1 Å². The molecule has 0 spiro atoms. The van der Waals surface area contributed by atoms with Crippen molar-refractivity contribution in [3.8, 4) is 11.6 Å². The van der Waals surface area contributed by atoms with Gasteiger partial charge in [-0.15, -0.1) is 0 Å². The van der Waals surface area contributed by atoms with E-state index in [2.05, 4.69) is 10.1 Å². The van der Waals surface area contributed by atoms with Crippen LogP contribution in [-0.4, -0.2) is 73.4 Å². The summed E-state index contributed by atoms with van der Waals surface area (Å²) in [5, 5.41) is 13.9. The second kappa shape index (κ2) is 9.76. The molecule has 2 fully saturated rings. The van der Waals surface area contributed by atoms with E-state index in [-0.39, 0.29) is 28.5 Å². The number of carboxylic acids is 1. The zero-order chi connectivity index (χ0) is 23.5. The molecule has 3 heterocycles. The summed E-state index contributed by atoms with van der Waals surface area (Å²) in [6.07, 6.45) is -1.79. The molecular weight excluding hydrogens is 445 g/mol. The molecule has 1 aromatic heterocycles. The van der Waals surface area contributed by atoms with E-state index < -0.39 is 24.2 Å². The summed E-state index contributed by atoms with van der Waals surface area (Å²) in [4.78, 5) is 14.1. The summed E-state index contributed by atoms with van der Waals surface area (Å²) >= 11 is 0. The number of carboxylic acid groups (broad SMARTS) is 1. The van der Waals surface area contributed by atoms with E-state index in [9.17, 15) is 23.1 Å². The molecule has 0 amide bonds. The fourth-order valence-electron chi connectivity index (χ4n) is 4.45. The highest BCUT2D eigenvalue weighted by Crippen LogP contribution is 2.36. The molecule has 2 aromatic rings. The van der Waals surface area contributed by atoms with E-state index in [1.54, 1.807) is 6.07 Å². The molecule has 2 aliphatic rings. The second-order valence-corrected chi connectivity index (χ2v) is 8.75. The van der Waals surface area contributed by atoms with Gasteiger partial charge in [0, 0.05) is 19.8 Å². The summed E-state index contributed by atoms with van der Waals surface area (Å²) in [6.45, 7) is 1.87. The van der Waals surface area contributed by atoms with Crippen molar-refractivity contribution in [2.24, 2.45) is 11.3 Å². The molecule has 1 aromatic carbocycles. The quantitative estimate of drug-likeness (QED) is 0.621. The lowest BCUT2D eigenvalue weighted by Gasteiger charge is -2.40. The van der Waals surface area contributed by atoms with Crippen molar-refractivity contribution in [3.63, 3.8) is 0 Å². The van der Waals surface area contributed by atoms with Crippen molar-refractivity contribution in [1.29, 1.82) is 0 Å². The fraction of sp³-hybridized carbons (Fsp3) is 0.636. The lowest BCUT2D eigenvalue weighted by molar-refractivity contribution is -0.157. The number of hydrogen-bond acceptors (Lipinski definition) is 7. The Hall–Kier alpha value is -2.53. The SMILES string of the molecule is O=C(O)C1(CN2CCC(COc3noc4cccc(OCC(F)(F)F)c34)CC2)CCOCC1. The maximum Gasteiger partial charge on any atom is 0.422 e. The average Bonchev–Trinajstić information content (AvgIpc) is 3.21. The minimum absolute atomic E-state index is 0.00586. The Kier molecular flexibility index (Phi) is 6.99. The van der Waals surface area contributed by atoms with Gasteiger partial charge in [0.1, 0.15) is 11.1 Å². The van der Waals surface area contributed by atoms with Gasteiger partial charge in [0.15, 0.2) is 12.2 Å². The Balaban J connectivity index is 1.32. The van der Waals surface area contributed by atoms with Gasteiger partial charge in [-0.1, -0.05) is 6.07 Å². The van der Waals surface area contributed by atoms with E-state index in [0.717, 1.165) is 25.9 Å². The topological polar surface area (TPSA) is 94.3 Å². The minimum Gasteiger partial charge on any atom is -0.483 e. The van der Waals surface area contributed by atoms with Gasteiger partial charge in [-0.3, -0.25) is 4.79 Å². The van der Waals surface area contributed by atoms with E-state index in [4.69, 9.17) is 18.7 Å². The van der Waals surface area contributed by atoms with Gasteiger partial charge < -0.3 is 28.7 Å². The first-order chi connectivity index (χ1) is 15.8. The van der Waals surface area contributed by atoms with Crippen molar-refractivity contribution in [3.05, 3.63) is 18.2 Å². The third-order valence-electron chi connectivity index (χ3n) is 6.41. The zero-order valence-corrected chi connectivity index (χ0v) is 18.1. The van der Waals surface area contributed by atoms with Crippen LogP contribution in [0.15, 0.2) is 22.7 Å². The van der Waals surface area contributed by atoms with Crippen LogP contribution in [0.3, 0.4) is 0 Å². The molecule has 0 saturated carbocycles. The van der Waals surface area contributed by atoms with E-state index in [1.165, 1.54) is 12.1 Å². The Morgan fingerprint density at radius 1 is 1.21 bits per heavy atom. The molecule has 0 bridgehead atoms. The number of carbonyl (C=O) groups is 1. The van der Waals surface area contributed by atoms with Crippen LogP contribution in [0.1, 0.15) is 25.7 Å². The van der Waals surface area contributed by atoms with Crippen LogP contribution in [0, 0.1) is 11.3 Å². The minimum atomic E-state index is -4.46. The molecule has 0 unspecified atom stereocenters. The first kappa shape index (κ1) is 23.6. The van der Waals surface area contributed by atoms with Crippen LogP contribution >= 0.6 is 0 Å². The number of aliphatic carboxylic acids is 1. The number of piperidine rings is 1. The molecule has 182 valence electrons. The number of fused-ring (bicyclic) bond motifs is 1. The molecule has 4 rings (SSSR count). The molecule has 8 nitrogen and oxygen atoms in total. The summed E-state index contributed by atoms with van der Waals surface area (Å²) in [5.41, 5.74) is -0.469. The predicted octanol–water partition coefficient (Wildman–Crippen LogP) is 3.74. The van der Waals surface area contributed by atoms with E-state index in [0.29, 0.717) is 39.2 Å². The highest BCUT2D eigenvalue weighted by atomic mass is 19.4. The monoisotopic (exact) mass is 472 g/mol. The molecular formula is C22H27F3N2O6. The number of rotatable bonds is 8. The molecule has 2 aliphatic heterocycles. The molecule has 33 heavy (non-hydrogen) atoms. The van der Waals surface area contributed by atoms with Crippen LogP contribution in [0.25, 0.3) is 11.0 Å². The van der Waals surface area contributed by atoms with Crippen LogP contribution in [0.5, 0.6) is 11.6 Å². The van der Waals surface area contributed by atoms with Crippen molar-refractivity contribution < 1.29 is 41.8 Å². The van der Waals surface area contributed by atoms with Gasteiger partial charge in [0.25, 0.3) is 5.88 Å². The number of alkyl halides is 3. The Bertz CT molecular complexity index is 949. The largest absolute Gasteiger partial charge is 0.483 e. The van der Waals surface area contributed by atoms with Gasteiger partial charge in [-0.2, -0.15) is 13.2 Å². The first-order valence-corrected chi connectivity index (χ1v) is 11.0. The molecule has 0 aliphatic carbocycles. The van der Waals surface area contributed by atoms with Crippen molar-refractivity contribution >= 4 is 16.9 Å². The Labute approximate surface area is 188 Å². The highest BCUT2D eigenvalue weighted by molar-refractivity contribution is 5.88. The molecule has 11 heteroatoms. The zero-order valence-electron chi connectivity index (χ0n) is 18.1. The van der Waals surface area contributed by atoms with E-state index in [1.807, 2.05) is 0 Å². The summed E-state index contributed by atoms with van der Waals surface area (Å²) in [5.74, 6) is -0.437. The van der Waals surface area contributed by atoms with Crippen molar-refractivity contribution in [2.45, 2.75) is 31.9 Å². The molecule has 0 atom stereocenters. The van der Waals surface area contributed by atoms with Crippen LogP contribution in [0.4, 0.5) is 13.2 Å². The lowest BCUT2D eigenvalue weighted by atomic mass is 9.79. The standard InChI is InChI=1S/C22H27F3N2O6/c23-22(24,25)14-32-16-2-1-3-17-18(16)19(26-33-17)31-12-15-4-8-27(9-5-15)13-21(20(28)29)6-10-30-11-7-21/h1-3,15H,4-14H2,(H,28,29). The van der Waals surface area contributed by atoms with Gasteiger partial charge in [0.05, 0.1) is 12.0 Å². The van der Waals surface area contributed by atoms with Gasteiger partial charge in [-0.05, 0) is 62.0 Å². The maximum absolute atomic E-state index is 12.6. The number of nitrogens with zero attached hydrogens (tertiary/aromatic N) is 2. The van der Waals surface area contributed by atoms with Crippen LogP contribution < -0.4 is 9.47 Å². The Morgan fingerprint density at radius 2 is 1.94 bits per heavy atom. The normalized spacial score (nSPS) is 20.1. The molecule has 0 radical (unpaired) electrons. The highest BCUT2D eigenvalue weighted by Gasteiger charge is 2.42. The molecule has 2 saturated heterocycles. The maximum atomic E-state index is 12.6. The van der Waals surface area contributed by atoms with E-state index >= 15 is 0 Å². The third-order valence-corrected chi connectivity index (χ3v) is 6.41. The number of ether oxygens (including phenoxy) is 3.